The zero-order valence-corrected chi connectivity index (χ0v) is 17.5. The molecule has 2 aromatic carbocycles. The van der Waals surface area contributed by atoms with Crippen molar-refractivity contribution in [3.05, 3.63) is 59.9 Å². The van der Waals surface area contributed by atoms with Gasteiger partial charge in [-0.1, -0.05) is 24.3 Å². The van der Waals surface area contributed by atoms with Crippen LogP contribution in [0.5, 0.6) is 5.75 Å². The normalized spacial score (nSPS) is 13.2. The Morgan fingerprint density at radius 3 is 2.27 bits per heavy atom. The second-order valence-electron chi connectivity index (χ2n) is 6.39. The topological polar surface area (TPSA) is 111 Å². The first kappa shape index (κ1) is 23.3. The van der Waals surface area contributed by atoms with Crippen LogP contribution in [0.1, 0.15) is 24.9 Å². The number of sulfonamides is 1. The monoisotopic (exact) mass is 438 g/mol. The van der Waals surface area contributed by atoms with Gasteiger partial charge < -0.3 is 14.8 Å². The highest BCUT2D eigenvalue weighted by Gasteiger charge is 2.27. The van der Waals surface area contributed by atoms with Gasteiger partial charge in [0.05, 0.1) is 32.7 Å². The highest BCUT2D eigenvalue weighted by Crippen LogP contribution is 2.21. The van der Waals surface area contributed by atoms with Crippen LogP contribution >= 0.6 is 0 Å². The lowest BCUT2D eigenvalue weighted by Gasteiger charge is -2.21. The van der Waals surface area contributed by atoms with Crippen molar-refractivity contribution in [2.75, 3.05) is 14.2 Å². The zero-order valence-electron chi connectivity index (χ0n) is 16.7. The fraction of sp³-hybridized carbons (Fsp3) is 0.300. The molecule has 0 bridgehead atoms. The number of esters is 1. The molecule has 2 rings (SSSR count). The lowest BCUT2D eigenvalue weighted by atomic mass is 10.0. The van der Waals surface area contributed by atoms with E-state index in [4.69, 9.17) is 4.74 Å². The summed E-state index contributed by atoms with van der Waals surface area (Å²) in [7, 11) is -1.54. The summed E-state index contributed by atoms with van der Waals surface area (Å²) in [6.45, 7) is 1.32. The Kier molecular flexibility index (Phi) is 7.90. The first-order valence-corrected chi connectivity index (χ1v) is 10.4. The smallest absolute Gasteiger partial charge is 0.307 e. The molecule has 0 fully saturated rings. The van der Waals surface area contributed by atoms with E-state index in [0.29, 0.717) is 11.3 Å². The van der Waals surface area contributed by atoms with Gasteiger partial charge in [-0.25, -0.2) is 12.8 Å². The number of nitrogens with one attached hydrogen (secondary N) is 2. The molecule has 8 nitrogen and oxygen atoms in total. The summed E-state index contributed by atoms with van der Waals surface area (Å²) >= 11 is 0. The quantitative estimate of drug-likeness (QED) is 0.579. The van der Waals surface area contributed by atoms with Crippen LogP contribution < -0.4 is 14.8 Å². The Bertz CT molecular complexity index is 995. The third kappa shape index (κ3) is 6.01. The van der Waals surface area contributed by atoms with E-state index < -0.39 is 44.7 Å². The highest BCUT2D eigenvalue weighted by atomic mass is 32.2. The van der Waals surface area contributed by atoms with Crippen molar-refractivity contribution in [1.29, 1.82) is 0 Å². The fourth-order valence-corrected chi connectivity index (χ4v) is 3.93. The molecule has 0 heterocycles. The molecule has 2 aromatic rings. The van der Waals surface area contributed by atoms with Crippen LogP contribution in [0.4, 0.5) is 4.39 Å². The Morgan fingerprint density at radius 1 is 1.07 bits per heavy atom. The van der Waals surface area contributed by atoms with Crippen molar-refractivity contribution in [1.82, 2.24) is 10.0 Å². The minimum atomic E-state index is -4.27. The van der Waals surface area contributed by atoms with Gasteiger partial charge in [0.1, 0.15) is 16.5 Å². The molecule has 0 radical (unpaired) electrons. The molecule has 0 aliphatic rings. The van der Waals surface area contributed by atoms with Gasteiger partial charge in [-0.05, 0) is 36.8 Å². The number of rotatable bonds is 9. The number of ether oxygens (including phenoxy) is 2. The first-order valence-electron chi connectivity index (χ1n) is 8.96. The average molecular weight is 438 g/mol. The molecule has 0 aliphatic carbocycles. The molecule has 0 saturated carbocycles. The van der Waals surface area contributed by atoms with Gasteiger partial charge in [-0.15, -0.1) is 0 Å². The number of hydrogen-bond donors (Lipinski definition) is 2. The predicted octanol–water partition coefficient (Wildman–Crippen LogP) is 1.92. The van der Waals surface area contributed by atoms with Gasteiger partial charge >= 0.3 is 5.97 Å². The number of hydrogen-bond acceptors (Lipinski definition) is 6. The van der Waals surface area contributed by atoms with Crippen molar-refractivity contribution < 1.29 is 31.9 Å². The van der Waals surface area contributed by atoms with Crippen molar-refractivity contribution in [2.24, 2.45) is 0 Å². The van der Waals surface area contributed by atoms with E-state index >= 15 is 0 Å². The van der Waals surface area contributed by atoms with E-state index in [1.807, 2.05) is 0 Å². The van der Waals surface area contributed by atoms with E-state index in [9.17, 15) is 22.4 Å². The fourth-order valence-electron chi connectivity index (χ4n) is 2.65. The van der Waals surface area contributed by atoms with Crippen LogP contribution in [0.25, 0.3) is 0 Å². The molecule has 1 unspecified atom stereocenters. The maximum Gasteiger partial charge on any atom is 0.307 e. The Balaban J connectivity index is 2.17. The van der Waals surface area contributed by atoms with Crippen LogP contribution in [0.3, 0.4) is 0 Å². The summed E-state index contributed by atoms with van der Waals surface area (Å²) in [4.78, 5) is 23.8. The van der Waals surface area contributed by atoms with Gasteiger partial charge in [0.2, 0.25) is 15.9 Å². The maximum atomic E-state index is 13.8. The second-order valence-corrected chi connectivity index (χ2v) is 8.07. The summed E-state index contributed by atoms with van der Waals surface area (Å²) < 4.78 is 50.5. The molecule has 2 atom stereocenters. The zero-order chi connectivity index (χ0) is 22.3. The average Bonchev–Trinajstić information content (AvgIpc) is 2.72. The van der Waals surface area contributed by atoms with E-state index in [0.717, 1.165) is 12.1 Å². The lowest BCUT2D eigenvalue weighted by Crippen LogP contribution is -2.46. The van der Waals surface area contributed by atoms with Crippen LogP contribution in [-0.4, -0.2) is 40.6 Å². The number of halogens is 1. The SMILES string of the molecule is COC(=O)CC(NC(=O)[C@H](C)NS(=O)(=O)c1ccccc1F)c1ccc(OC)cc1. The second kappa shape index (κ2) is 10.2. The van der Waals surface area contributed by atoms with Crippen molar-refractivity contribution >= 4 is 21.9 Å². The minimum absolute atomic E-state index is 0.165. The summed E-state index contributed by atoms with van der Waals surface area (Å²) in [6, 6.07) is 9.50. The lowest BCUT2D eigenvalue weighted by molar-refractivity contribution is -0.141. The summed E-state index contributed by atoms with van der Waals surface area (Å²) in [5, 5.41) is 2.62. The molecule has 10 heteroatoms. The Morgan fingerprint density at radius 2 is 1.70 bits per heavy atom. The highest BCUT2D eigenvalue weighted by molar-refractivity contribution is 7.89. The predicted molar refractivity (Wildman–Crippen MR) is 107 cm³/mol. The molecule has 162 valence electrons. The van der Waals surface area contributed by atoms with Gasteiger partial charge in [0.25, 0.3) is 0 Å². The van der Waals surface area contributed by atoms with Gasteiger partial charge in [0.15, 0.2) is 0 Å². The van der Waals surface area contributed by atoms with Crippen molar-refractivity contribution in [3.8, 4) is 5.75 Å². The molecule has 1 amide bonds. The van der Waals surface area contributed by atoms with Crippen molar-refractivity contribution in [3.63, 3.8) is 0 Å². The third-order valence-corrected chi connectivity index (χ3v) is 5.86. The molecule has 0 aromatic heterocycles. The minimum Gasteiger partial charge on any atom is -0.497 e. The van der Waals surface area contributed by atoms with Crippen LogP contribution in [0.15, 0.2) is 53.4 Å². The van der Waals surface area contributed by atoms with E-state index in [1.54, 1.807) is 24.3 Å². The number of carbonyl (C=O) groups excluding carboxylic acids is 2. The molecular formula is C20H23FN2O6S. The molecule has 0 saturated heterocycles. The third-order valence-electron chi connectivity index (χ3n) is 4.28. The Hall–Kier alpha value is -2.98. The number of benzene rings is 2. The van der Waals surface area contributed by atoms with E-state index in [1.165, 1.54) is 33.3 Å². The summed E-state index contributed by atoms with van der Waals surface area (Å²) in [6.07, 6.45) is -0.165. The number of amides is 1. The van der Waals surface area contributed by atoms with Crippen LogP contribution in [0.2, 0.25) is 0 Å². The van der Waals surface area contributed by atoms with E-state index in [-0.39, 0.29) is 6.42 Å². The largest absolute Gasteiger partial charge is 0.497 e. The van der Waals surface area contributed by atoms with Crippen LogP contribution in [0, 0.1) is 5.82 Å². The van der Waals surface area contributed by atoms with Gasteiger partial charge in [0, 0.05) is 0 Å². The Labute approximate surface area is 174 Å². The van der Waals surface area contributed by atoms with Gasteiger partial charge in [-0.3, -0.25) is 9.59 Å². The first-order chi connectivity index (χ1) is 14.2. The van der Waals surface area contributed by atoms with Crippen molar-refractivity contribution in [2.45, 2.75) is 30.3 Å². The molecule has 0 spiro atoms. The maximum absolute atomic E-state index is 13.8. The summed E-state index contributed by atoms with van der Waals surface area (Å²) in [5.41, 5.74) is 0.596. The standard InChI is InChI=1S/C20H23FN2O6S/c1-13(23-30(26,27)18-7-5-4-6-16(18)21)20(25)22-17(12-19(24)29-3)14-8-10-15(28-2)11-9-14/h4-11,13,17,23H,12H2,1-3H3,(H,22,25)/t13-,17?/m0/s1. The molecule has 2 N–H and O–H groups in total. The molecular weight excluding hydrogens is 415 g/mol. The van der Waals surface area contributed by atoms with Gasteiger partial charge in [-0.2, -0.15) is 4.72 Å². The van der Waals surface area contributed by atoms with Crippen LogP contribution in [-0.2, 0) is 24.3 Å². The summed E-state index contributed by atoms with van der Waals surface area (Å²) in [5.74, 6) is -1.59. The number of carbonyl (C=O) groups is 2. The molecule has 0 aliphatic heterocycles. The molecule has 30 heavy (non-hydrogen) atoms. The number of methoxy groups -OCH3 is 2. The van der Waals surface area contributed by atoms with E-state index in [2.05, 4.69) is 14.8 Å².